The molecule has 1 atom stereocenters. The molecule has 0 aliphatic rings. The van der Waals surface area contributed by atoms with Gasteiger partial charge < -0.3 is 5.32 Å². The van der Waals surface area contributed by atoms with Crippen molar-refractivity contribution in [2.75, 3.05) is 5.33 Å². The summed E-state index contributed by atoms with van der Waals surface area (Å²) >= 11 is 4.70. The predicted molar refractivity (Wildman–Crippen MR) is 57.5 cm³/mol. The van der Waals surface area contributed by atoms with Gasteiger partial charge in [-0.3, -0.25) is 9.78 Å². The Morgan fingerprint density at radius 1 is 1.85 bits per heavy atom. The number of thiazole rings is 1. The van der Waals surface area contributed by atoms with Crippen LogP contribution in [-0.2, 0) is 0 Å². The van der Waals surface area contributed by atoms with Crippen molar-refractivity contribution in [3.05, 3.63) is 16.6 Å². The molecule has 0 radical (unpaired) electrons. The minimum Gasteiger partial charge on any atom is -0.348 e. The van der Waals surface area contributed by atoms with Crippen LogP contribution in [0.2, 0.25) is 0 Å². The highest BCUT2D eigenvalue weighted by atomic mass is 79.9. The van der Waals surface area contributed by atoms with E-state index in [2.05, 4.69) is 26.2 Å². The zero-order chi connectivity index (χ0) is 9.68. The first-order chi connectivity index (χ1) is 6.27. The number of amides is 1. The summed E-state index contributed by atoms with van der Waals surface area (Å²) in [7, 11) is 0. The van der Waals surface area contributed by atoms with Crippen LogP contribution in [0.15, 0.2) is 11.7 Å². The smallest absolute Gasteiger partial charge is 0.263 e. The second-order valence-corrected chi connectivity index (χ2v) is 4.13. The second-order valence-electron chi connectivity index (χ2n) is 2.60. The van der Waals surface area contributed by atoms with Gasteiger partial charge in [0.05, 0.1) is 11.7 Å². The number of halogens is 1. The summed E-state index contributed by atoms with van der Waals surface area (Å²) < 4.78 is 0. The molecule has 1 amide bonds. The van der Waals surface area contributed by atoms with E-state index in [0.29, 0.717) is 4.88 Å². The molecule has 1 unspecified atom stereocenters. The van der Waals surface area contributed by atoms with Crippen LogP contribution in [0.5, 0.6) is 0 Å². The average Bonchev–Trinajstić information content (AvgIpc) is 2.66. The van der Waals surface area contributed by atoms with Crippen LogP contribution in [0.25, 0.3) is 0 Å². The normalized spacial score (nSPS) is 12.5. The Hall–Kier alpha value is -0.420. The number of hydrogen-bond donors (Lipinski definition) is 1. The summed E-state index contributed by atoms with van der Waals surface area (Å²) in [6.45, 7) is 2.04. The van der Waals surface area contributed by atoms with Crippen LogP contribution in [-0.4, -0.2) is 22.3 Å². The SMILES string of the molecule is CCC(CBr)NC(=O)c1cncs1. The van der Waals surface area contributed by atoms with Gasteiger partial charge in [-0.15, -0.1) is 11.3 Å². The molecule has 1 aromatic heterocycles. The minimum atomic E-state index is -0.0335. The van der Waals surface area contributed by atoms with E-state index in [1.165, 1.54) is 11.3 Å². The van der Waals surface area contributed by atoms with E-state index in [1.54, 1.807) is 11.7 Å². The topological polar surface area (TPSA) is 42.0 Å². The van der Waals surface area contributed by atoms with Crippen LogP contribution in [0.3, 0.4) is 0 Å². The maximum Gasteiger partial charge on any atom is 0.263 e. The molecule has 3 nitrogen and oxygen atoms in total. The summed E-state index contributed by atoms with van der Waals surface area (Å²) in [4.78, 5) is 16.0. The summed E-state index contributed by atoms with van der Waals surface area (Å²) in [5.74, 6) is -0.0335. The third kappa shape index (κ3) is 3.08. The van der Waals surface area contributed by atoms with Crippen LogP contribution in [0.4, 0.5) is 0 Å². The Bertz CT molecular complexity index is 259. The molecule has 0 saturated heterocycles. The molecule has 5 heteroatoms. The van der Waals surface area contributed by atoms with E-state index in [1.807, 2.05) is 6.92 Å². The fourth-order valence-corrected chi connectivity index (χ4v) is 1.98. The van der Waals surface area contributed by atoms with Crippen molar-refractivity contribution in [1.82, 2.24) is 10.3 Å². The molecule has 0 aromatic carbocycles. The minimum absolute atomic E-state index is 0.0335. The Balaban J connectivity index is 2.50. The van der Waals surface area contributed by atoms with Gasteiger partial charge in [0.2, 0.25) is 0 Å². The van der Waals surface area contributed by atoms with Gasteiger partial charge in [0.1, 0.15) is 4.88 Å². The van der Waals surface area contributed by atoms with E-state index < -0.39 is 0 Å². The predicted octanol–water partition coefficient (Wildman–Crippen LogP) is 2.05. The monoisotopic (exact) mass is 262 g/mol. The van der Waals surface area contributed by atoms with Crippen LogP contribution >= 0.6 is 27.3 Å². The fraction of sp³-hybridized carbons (Fsp3) is 0.500. The molecular weight excluding hydrogens is 252 g/mol. The lowest BCUT2D eigenvalue weighted by Gasteiger charge is -2.12. The standard InChI is InChI=1S/C8H11BrN2OS/c1-2-6(3-9)11-8(12)7-4-10-5-13-7/h4-6H,2-3H2,1H3,(H,11,12). The summed E-state index contributed by atoms with van der Waals surface area (Å²) in [5.41, 5.74) is 1.66. The van der Waals surface area contributed by atoms with Gasteiger partial charge in [0, 0.05) is 11.4 Å². The molecule has 1 aromatic rings. The van der Waals surface area contributed by atoms with Gasteiger partial charge in [0.15, 0.2) is 0 Å². The zero-order valence-corrected chi connectivity index (χ0v) is 9.69. The number of alkyl halides is 1. The van der Waals surface area contributed by atoms with E-state index >= 15 is 0 Å². The number of hydrogen-bond acceptors (Lipinski definition) is 3. The van der Waals surface area contributed by atoms with Crippen molar-refractivity contribution >= 4 is 33.2 Å². The molecule has 0 bridgehead atoms. The summed E-state index contributed by atoms with van der Waals surface area (Å²) in [6.07, 6.45) is 2.51. The largest absolute Gasteiger partial charge is 0.348 e. The van der Waals surface area contributed by atoms with E-state index in [-0.39, 0.29) is 11.9 Å². The maximum absolute atomic E-state index is 11.5. The van der Waals surface area contributed by atoms with Crippen molar-refractivity contribution in [3.8, 4) is 0 Å². The van der Waals surface area contributed by atoms with Crippen LogP contribution in [0.1, 0.15) is 23.0 Å². The first-order valence-corrected chi connectivity index (χ1v) is 6.03. The van der Waals surface area contributed by atoms with Gasteiger partial charge >= 0.3 is 0 Å². The lowest BCUT2D eigenvalue weighted by molar-refractivity contribution is 0.0944. The zero-order valence-electron chi connectivity index (χ0n) is 7.29. The van der Waals surface area contributed by atoms with Crippen molar-refractivity contribution in [3.63, 3.8) is 0 Å². The molecule has 0 spiro atoms. The maximum atomic E-state index is 11.5. The van der Waals surface area contributed by atoms with Gasteiger partial charge in [0.25, 0.3) is 5.91 Å². The first kappa shape index (κ1) is 10.7. The Morgan fingerprint density at radius 2 is 2.62 bits per heavy atom. The number of nitrogens with zero attached hydrogens (tertiary/aromatic N) is 1. The lowest BCUT2D eigenvalue weighted by Crippen LogP contribution is -2.35. The second kappa shape index (κ2) is 5.34. The summed E-state index contributed by atoms with van der Waals surface area (Å²) in [6, 6.07) is 0.203. The van der Waals surface area contributed by atoms with Gasteiger partial charge in [-0.1, -0.05) is 22.9 Å². The van der Waals surface area contributed by atoms with Crippen LogP contribution in [0, 0.1) is 0 Å². The highest BCUT2D eigenvalue weighted by Crippen LogP contribution is 2.06. The third-order valence-corrected chi connectivity index (χ3v) is 3.22. The molecule has 0 aliphatic carbocycles. The fourth-order valence-electron chi connectivity index (χ4n) is 0.834. The first-order valence-electron chi connectivity index (χ1n) is 4.03. The van der Waals surface area contributed by atoms with Gasteiger partial charge in [-0.25, -0.2) is 0 Å². The van der Waals surface area contributed by atoms with Crippen molar-refractivity contribution < 1.29 is 4.79 Å². The van der Waals surface area contributed by atoms with Crippen LogP contribution < -0.4 is 5.32 Å². The van der Waals surface area contributed by atoms with Crippen molar-refractivity contribution in [2.45, 2.75) is 19.4 Å². The van der Waals surface area contributed by atoms with E-state index in [9.17, 15) is 4.79 Å². The molecule has 0 fully saturated rings. The Kier molecular flexibility index (Phi) is 4.38. The third-order valence-electron chi connectivity index (χ3n) is 1.67. The average molecular weight is 263 g/mol. The van der Waals surface area contributed by atoms with Crippen molar-refractivity contribution in [2.24, 2.45) is 0 Å². The molecule has 72 valence electrons. The van der Waals surface area contributed by atoms with E-state index in [4.69, 9.17) is 0 Å². The number of carbonyl (C=O) groups is 1. The Labute approximate surface area is 89.7 Å². The van der Waals surface area contributed by atoms with Gasteiger partial charge in [-0.2, -0.15) is 0 Å². The van der Waals surface area contributed by atoms with E-state index in [0.717, 1.165) is 11.8 Å². The molecule has 1 rings (SSSR count). The Morgan fingerprint density at radius 3 is 3.08 bits per heavy atom. The van der Waals surface area contributed by atoms with Gasteiger partial charge in [-0.05, 0) is 6.42 Å². The molecule has 0 aliphatic heterocycles. The molecule has 1 N–H and O–H groups in total. The highest BCUT2D eigenvalue weighted by Gasteiger charge is 2.11. The quantitative estimate of drug-likeness (QED) is 0.845. The molecule has 13 heavy (non-hydrogen) atoms. The number of rotatable bonds is 4. The number of nitrogens with one attached hydrogen (secondary N) is 1. The van der Waals surface area contributed by atoms with Crippen molar-refractivity contribution in [1.29, 1.82) is 0 Å². The number of aromatic nitrogens is 1. The number of carbonyl (C=O) groups excluding carboxylic acids is 1. The molecular formula is C8H11BrN2OS. The molecule has 0 saturated carbocycles. The lowest BCUT2D eigenvalue weighted by atomic mass is 10.2. The highest BCUT2D eigenvalue weighted by molar-refractivity contribution is 9.09. The molecule has 1 heterocycles. The summed E-state index contributed by atoms with van der Waals surface area (Å²) in [5, 5.41) is 3.69.